The summed E-state index contributed by atoms with van der Waals surface area (Å²) in [5.41, 5.74) is 3.57. The first-order chi connectivity index (χ1) is 11.8. The number of hydrogen-bond donors (Lipinski definition) is 1. The number of benzene rings is 1. The molecule has 2 heterocycles. The summed E-state index contributed by atoms with van der Waals surface area (Å²) in [5, 5.41) is 3.39. The highest BCUT2D eigenvalue weighted by molar-refractivity contribution is 5.49. The van der Waals surface area contributed by atoms with Gasteiger partial charge in [-0.05, 0) is 36.3 Å². The summed E-state index contributed by atoms with van der Waals surface area (Å²) < 4.78 is 5.65. The molecule has 1 aromatic heterocycles. The molecule has 24 heavy (non-hydrogen) atoms. The van der Waals surface area contributed by atoms with Crippen LogP contribution in [0.2, 0.25) is 0 Å². The van der Waals surface area contributed by atoms with Crippen LogP contribution in [0.3, 0.4) is 0 Å². The average Bonchev–Trinajstić information content (AvgIpc) is 2.62. The van der Waals surface area contributed by atoms with Crippen LogP contribution in [0, 0.1) is 6.92 Å². The van der Waals surface area contributed by atoms with Gasteiger partial charge in [-0.1, -0.05) is 30.3 Å². The van der Waals surface area contributed by atoms with Gasteiger partial charge < -0.3 is 10.1 Å². The lowest BCUT2D eigenvalue weighted by atomic mass is 10.1. The van der Waals surface area contributed by atoms with Gasteiger partial charge in [-0.2, -0.15) is 0 Å². The molecule has 0 amide bonds. The Kier molecular flexibility index (Phi) is 5.99. The summed E-state index contributed by atoms with van der Waals surface area (Å²) in [6, 6.07) is 12.7. The molecule has 0 saturated carbocycles. The van der Waals surface area contributed by atoms with Crippen LogP contribution in [-0.2, 0) is 6.54 Å². The molecule has 3 rings (SSSR count). The first-order valence-corrected chi connectivity index (χ1v) is 8.53. The Balaban J connectivity index is 1.45. The van der Waals surface area contributed by atoms with E-state index in [0.717, 1.165) is 44.2 Å². The highest BCUT2D eigenvalue weighted by Gasteiger charge is 2.09. The van der Waals surface area contributed by atoms with Crippen molar-refractivity contribution in [3.05, 3.63) is 65.5 Å². The molecule has 1 saturated heterocycles. The van der Waals surface area contributed by atoms with E-state index in [1.807, 2.05) is 25.1 Å². The molecule has 4 nitrogen and oxygen atoms in total. The third kappa shape index (κ3) is 5.18. The molecular weight excluding hydrogens is 298 g/mol. The molecule has 4 heteroatoms. The van der Waals surface area contributed by atoms with E-state index >= 15 is 0 Å². The van der Waals surface area contributed by atoms with Crippen molar-refractivity contribution in [3.8, 4) is 5.75 Å². The largest absolute Gasteiger partial charge is 0.488 e. The fraction of sp³-hybridized carbons (Fsp3) is 0.350. The van der Waals surface area contributed by atoms with Crippen LogP contribution in [0.1, 0.15) is 16.8 Å². The second-order valence-electron chi connectivity index (χ2n) is 6.12. The number of aryl methyl sites for hydroxylation is 1. The second-order valence-corrected chi connectivity index (χ2v) is 6.12. The number of rotatable bonds is 6. The topological polar surface area (TPSA) is 37.4 Å². The number of piperazine rings is 1. The fourth-order valence-electron chi connectivity index (χ4n) is 2.73. The van der Waals surface area contributed by atoms with Crippen LogP contribution in [0.5, 0.6) is 5.75 Å². The number of nitrogens with zero attached hydrogens (tertiary/aromatic N) is 2. The van der Waals surface area contributed by atoms with Crippen molar-refractivity contribution in [3.63, 3.8) is 0 Å². The molecule has 1 aromatic carbocycles. The maximum Gasteiger partial charge on any atom is 0.138 e. The smallest absolute Gasteiger partial charge is 0.138 e. The standard InChI is InChI=1S/C20H25N3O/c1-17-4-9-20(15-22-17)24-14-2-3-18-5-7-19(8-6-18)16-23-12-10-21-11-13-23/h2-9,15,21H,10-14,16H2,1H3/b3-2+. The minimum absolute atomic E-state index is 0.549. The van der Waals surface area contributed by atoms with Gasteiger partial charge in [0, 0.05) is 38.4 Å². The number of pyridine rings is 1. The SMILES string of the molecule is Cc1ccc(OC/C=C/c2ccc(CN3CCNCC3)cc2)cn1. The monoisotopic (exact) mass is 323 g/mol. The van der Waals surface area contributed by atoms with Crippen molar-refractivity contribution in [2.24, 2.45) is 0 Å². The van der Waals surface area contributed by atoms with Crippen molar-refractivity contribution in [1.29, 1.82) is 0 Å². The molecule has 1 fully saturated rings. The van der Waals surface area contributed by atoms with Crippen molar-refractivity contribution in [2.45, 2.75) is 13.5 Å². The maximum absolute atomic E-state index is 5.65. The molecule has 1 aliphatic heterocycles. The Morgan fingerprint density at radius 2 is 1.92 bits per heavy atom. The molecule has 0 atom stereocenters. The summed E-state index contributed by atoms with van der Waals surface area (Å²) in [5.74, 6) is 0.802. The van der Waals surface area contributed by atoms with Crippen molar-refractivity contribution < 1.29 is 4.74 Å². The molecule has 0 bridgehead atoms. The Morgan fingerprint density at radius 1 is 1.12 bits per heavy atom. The van der Waals surface area contributed by atoms with Gasteiger partial charge in [0.25, 0.3) is 0 Å². The average molecular weight is 323 g/mol. The Hall–Kier alpha value is -2.17. The first-order valence-electron chi connectivity index (χ1n) is 8.53. The van der Waals surface area contributed by atoms with Gasteiger partial charge >= 0.3 is 0 Å². The second kappa shape index (κ2) is 8.62. The summed E-state index contributed by atoms with van der Waals surface area (Å²) in [7, 11) is 0. The number of ether oxygens (including phenoxy) is 1. The van der Waals surface area contributed by atoms with E-state index in [9.17, 15) is 0 Å². The van der Waals surface area contributed by atoms with E-state index in [1.54, 1.807) is 6.20 Å². The Labute approximate surface area is 144 Å². The molecular formula is C20H25N3O. The lowest BCUT2D eigenvalue weighted by molar-refractivity contribution is 0.233. The van der Waals surface area contributed by atoms with Crippen molar-refractivity contribution >= 4 is 6.08 Å². The van der Waals surface area contributed by atoms with Gasteiger partial charge in [0.2, 0.25) is 0 Å². The quantitative estimate of drug-likeness (QED) is 0.887. The predicted octanol–water partition coefficient (Wildman–Crippen LogP) is 2.89. The van der Waals surface area contributed by atoms with Crippen LogP contribution in [0.25, 0.3) is 6.08 Å². The third-order valence-electron chi connectivity index (χ3n) is 4.14. The van der Waals surface area contributed by atoms with Crippen LogP contribution in [0.15, 0.2) is 48.7 Å². The number of nitrogens with one attached hydrogen (secondary N) is 1. The zero-order valence-electron chi connectivity index (χ0n) is 14.2. The van der Waals surface area contributed by atoms with E-state index < -0.39 is 0 Å². The van der Waals surface area contributed by atoms with Gasteiger partial charge in [-0.25, -0.2) is 0 Å². The minimum Gasteiger partial charge on any atom is -0.488 e. The molecule has 1 N–H and O–H groups in total. The zero-order chi connectivity index (χ0) is 16.6. The van der Waals surface area contributed by atoms with Crippen LogP contribution < -0.4 is 10.1 Å². The van der Waals surface area contributed by atoms with Gasteiger partial charge in [-0.15, -0.1) is 0 Å². The summed E-state index contributed by atoms with van der Waals surface area (Å²) in [6.07, 6.45) is 5.88. The van der Waals surface area contributed by atoms with Gasteiger partial charge in [-0.3, -0.25) is 9.88 Å². The molecule has 0 radical (unpaired) electrons. The van der Waals surface area contributed by atoms with Crippen LogP contribution in [0.4, 0.5) is 0 Å². The Bertz CT molecular complexity index is 644. The van der Waals surface area contributed by atoms with Crippen LogP contribution >= 0.6 is 0 Å². The van der Waals surface area contributed by atoms with E-state index in [2.05, 4.69) is 45.5 Å². The molecule has 0 unspecified atom stereocenters. The third-order valence-corrected chi connectivity index (χ3v) is 4.14. The lowest BCUT2D eigenvalue weighted by Crippen LogP contribution is -2.42. The predicted molar refractivity (Wildman–Crippen MR) is 98.1 cm³/mol. The van der Waals surface area contributed by atoms with E-state index in [4.69, 9.17) is 4.74 Å². The Morgan fingerprint density at radius 3 is 2.62 bits per heavy atom. The van der Waals surface area contributed by atoms with Crippen LogP contribution in [-0.4, -0.2) is 42.7 Å². The van der Waals surface area contributed by atoms with E-state index in [-0.39, 0.29) is 0 Å². The molecule has 126 valence electrons. The van der Waals surface area contributed by atoms with Gasteiger partial charge in [0.05, 0.1) is 6.20 Å². The highest BCUT2D eigenvalue weighted by Crippen LogP contribution is 2.11. The molecule has 0 spiro atoms. The first kappa shape index (κ1) is 16.7. The summed E-state index contributed by atoms with van der Waals surface area (Å²) in [4.78, 5) is 6.71. The maximum atomic E-state index is 5.65. The summed E-state index contributed by atoms with van der Waals surface area (Å²) in [6.45, 7) is 8.01. The van der Waals surface area contributed by atoms with E-state index in [1.165, 1.54) is 11.1 Å². The van der Waals surface area contributed by atoms with Crippen molar-refractivity contribution in [2.75, 3.05) is 32.8 Å². The zero-order valence-corrected chi connectivity index (χ0v) is 14.2. The molecule has 1 aliphatic rings. The molecule has 2 aromatic rings. The number of hydrogen-bond acceptors (Lipinski definition) is 4. The van der Waals surface area contributed by atoms with Crippen molar-refractivity contribution in [1.82, 2.24) is 15.2 Å². The van der Waals surface area contributed by atoms with E-state index in [0.29, 0.717) is 6.61 Å². The normalized spacial score (nSPS) is 15.7. The minimum atomic E-state index is 0.549. The fourth-order valence-corrected chi connectivity index (χ4v) is 2.73. The highest BCUT2D eigenvalue weighted by atomic mass is 16.5. The molecule has 0 aliphatic carbocycles. The lowest BCUT2D eigenvalue weighted by Gasteiger charge is -2.27. The summed E-state index contributed by atoms with van der Waals surface area (Å²) >= 11 is 0. The number of aromatic nitrogens is 1. The van der Waals surface area contributed by atoms with Gasteiger partial charge in [0.1, 0.15) is 12.4 Å². The van der Waals surface area contributed by atoms with Gasteiger partial charge in [0.15, 0.2) is 0 Å².